The molecule has 3 N–H and O–H groups in total. The molecular formula is C14H19N5O4. The van der Waals surface area contributed by atoms with Gasteiger partial charge in [-0.1, -0.05) is 19.4 Å². The van der Waals surface area contributed by atoms with E-state index in [1.807, 2.05) is 0 Å². The summed E-state index contributed by atoms with van der Waals surface area (Å²) in [6, 6.07) is 3.54. The van der Waals surface area contributed by atoms with Gasteiger partial charge in [-0.3, -0.25) is 4.79 Å². The Labute approximate surface area is 131 Å². The standard InChI is InChI=1S/C14H19N5O4/c1-2-3-7-23-12-10(5-4-6-15-12)8-16-11(20)9-19-13(21)17-18-14(19)22/h4-6H,2-3,7-9H2,1H3,(H,16,20)(H,17,21)(H,18,22). The van der Waals surface area contributed by atoms with Crippen molar-refractivity contribution in [2.45, 2.75) is 32.9 Å². The van der Waals surface area contributed by atoms with Crippen molar-refractivity contribution in [2.75, 3.05) is 6.61 Å². The van der Waals surface area contributed by atoms with E-state index in [2.05, 4.69) is 27.4 Å². The van der Waals surface area contributed by atoms with Crippen LogP contribution in [0.25, 0.3) is 0 Å². The predicted octanol–water partition coefficient (Wildman–Crippen LogP) is -0.245. The third-order valence-corrected chi connectivity index (χ3v) is 3.13. The average molecular weight is 321 g/mol. The molecule has 0 bridgehead atoms. The van der Waals surface area contributed by atoms with Gasteiger partial charge in [0.2, 0.25) is 11.8 Å². The summed E-state index contributed by atoms with van der Waals surface area (Å²) in [7, 11) is 0. The molecule has 1 amide bonds. The van der Waals surface area contributed by atoms with Gasteiger partial charge in [0.25, 0.3) is 0 Å². The monoisotopic (exact) mass is 321 g/mol. The molecular weight excluding hydrogens is 302 g/mol. The average Bonchev–Trinajstić information content (AvgIpc) is 2.86. The Bertz CT molecular complexity index is 733. The third-order valence-electron chi connectivity index (χ3n) is 3.13. The van der Waals surface area contributed by atoms with E-state index in [0.717, 1.165) is 23.0 Å². The molecule has 124 valence electrons. The second-order valence-corrected chi connectivity index (χ2v) is 4.89. The molecule has 9 heteroatoms. The Morgan fingerprint density at radius 2 is 2.09 bits per heavy atom. The van der Waals surface area contributed by atoms with Crippen LogP contribution >= 0.6 is 0 Å². The number of hydrogen-bond donors (Lipinski definition) is 3. The fraction of sp³-hybridized carbons (Fsp3) is 0.429. The Hall–Kier alpha value is -2.84. The third kappa shape index (κ3) is 4.56. The molecule has 0 saturated heterocycles. The molecule has 2 heterocycles. The highest BCUT2D eigenvalue weighted by atomic mass is 16.5. The first kappa shape index (κ1) is 16.5. The smallest absolute Gasteiger partial charge is 0.344 e. The molecule has 2 aromatic heterocycles. The van der Waals surface area contributed by atoms with Crippen LogP contribution in [0.5, 0.6) is 5.88 Å². The number of rotatable bonds is 8. The summed E-state index contributed by atoms with van der Waals surface area (Å²) in [5.74, 6) is 0.0125. The molecule has 0 spiro atoms. The van der Waals surface area contributed by atoms with Gasteiger partial charge in [-0.15, -0.1) is 0 Å². The minimum atomic E-state index is -0.657. The second kappa shape index (κ2) is 7.97. The molecule has 23 heavy (non-hydrogen) atoms. The lowest BCUT2D eigenvalue weighted by atomic mass is 10.2. The number of nitrogens with one attached hydrogen (secondary N) is 3. The van der Waals surface area contributed by atoms with Crippen molar-refractivity contribution in [3.63, 3.8) is 0 Å². The van der Waals surface area contributed by atoms with Crippen molar-refractivity contribution in [3.8, 4) is 5.88 Å². The molecule has 9 nitrogen and oxygen atoms in total. The van der Waals surface area contributed by atoms with Crippen LogP contribution in [0.15, 0.2) is 27.9 Å². The summed E-state index contributed by atoms with van der Waals surface area (Å²) < 4.78 is 6.35. The molecule has 0 saturated carbocycles. The van der Waals surface area contributed by atoms with Gasteiger partial charge in [-0.05, 0) is 12.5 Å². The van der Waals surface area contributed by atoms with Gasteiger partial charge in [0.05, 0.1) is 6.61 Å². The van der Waals surface area contributed by atoms with E-state index in [1.165, 1.54) is 0 Å². The lowest BCUT2D eigenvalue weighted by molar-refractivity contribution is -0.121. The lowest BCUT2D eigenvalue weighted by Crippen LogP contribution is -2.35. The highest BCUT2D eigenvalue weighted by Gasteiger charge is 2.10. The Balaban J connectivity index is 1.94. The van der Waals surface area contributed by atoms with Crippen LogP contribution in [0.4, 0.5) is 0 Å². The van der Waals surface area contributed by atoms with Crippen LogP contribution in [-0.2, 0) is 17.9 Å². The number of unbranched alkanes of at least 4 members (excludes halogenated alkanes) is 1. The van der Waals surface area contributed by atoms with Crippen molar-refractivity contribution in [1.82, 2.24) is 25.1 Å². The van der Waals surface area contributed by atoms with Crippen molar-refractivity contribution < 1.29 is 9.53 Å². The first-order valence-corrected chi connectivity index (χ1v) is 7.32. The van der Waals surface area contributed by atoms with Gasteiger partial charge in [-0.25, -0.2) is 29.3 Å². The molecule has 0 atom stereocenters. The van der Waals surface area contributed by atoms with Gasteiger partial charge in [0.1, 0.15) is 6.54 Å². The van der Waals surface area contributed by atoms with Gasteiger partial charge in [-0.2, -0.15) is 0 Å². The van der Waals surface area contributed by atoms with E-state index in [1.54, 1.807) is 18.3 Å². The number of carbonyl (C=O) groups is 1. The molecule has 0 aliphatic rings. The Kier molecular flexibility index (Phi) is 5.73. The Morgan fingerprint density at radius 1 is 1.35 bits per heavy atom. The maximum Gasteiger partial charge on any atom is 0.344 e. The van der Waals surface area contributed by atoms with Crippen LogP contribution in [0.2, 0.25) is 0 Å². The molecule has 2 aromatic rings. The molecule has 0 radical (unpaired) electrons. The van der Waals surface area contributed by atoms with Gasteiger partial charge in [0, 0.05) is 18.3 Å². The Morgan fingerprint density at radius 3 is 2.78 bits per heavy atom. The largest absolute Gasteiger partial charge is 0.477 e. The molecule has 0 fully saturated rings. The number of amides is 1. The number of aromatic amines is 2. The quantitative estimate of drug-likeness (QED) is 0.579. The van der Waals surface area contributed by atoms with Crippen molar-refractivity contribution in [3.05, 3.63) is 44.9 Å². The number of pyridine rings is 1. The zero-order valence-corrected chi connectivity index (χ0v) is 12.8. The SMILES string of the molecule is CCCCOc1ncccc1CNC(=O)Cn1c(=O)[nH][nH]c1=O. The summed E-state index contributed by atoms with van der Waals surface area (Å²) >= 11 is 0. The number of hydrogen-bond acceptors (Lipinski definition) is 5. The van der Waals surface area contributed by atoms with Crippen LogP contribution in [-0.4, -0.2) is 32.3 Å². The molecule has 0 aromatic carbocycles. The number of ether oxygens (including phenoxy) is 1. The van der Waals surface area contributed by atoms with Crippen molar-refractivity contribution in [2.24, 2.45) is 0 Å². The van der Waals surface area contributed by atoms with Crippen LogP contribution in [0.1, 0.15) is 25.3 Å². The number of aromatic nitrogens is 4. The highest BCUT2D eigenvalue weighted by Crippen LogP contribution is 2.14. The topological polar surface area (TPSA) is 122 Å². The van der Waals surface area contributed by atoms with Crippen molar-refractivity contribution >= 4 is 5.91 Å². The molecule has 0 aliphatic carbocycles. The first-order chi connectivity index (χ1) is 11.1. The van der Waals surface area contributed by atoms with E-state index >= 15 is 0 Å². The summed E-state index contributed by atoms with van der Waals surface area (Å²) in [6.45, 7) is 2.46. The normalized spacial score (nSPS) is 10.5. The summed E-state index contributed by atoms with van der Waals surface area (Å²) in [4.78, 5) is 38.6. The predicted molar refractivity (Wildman–Crippen MR) is 82.2 cm³/mol. The van der Waals surface area contributed by atoms with Crippen molar-refractivity contribution in [1.29, 1.82) is 0 Å². The lowest BCUT2D eigenvalue weighted by Gasteiger charge is -2.10. The fourth-order valence-corrected chi connectivity index (χ4v) is 1.87. The minimum absolute atomic E-state index is 0.200. The highest BCUT2D eigenvalue weighted by molar-refractivity contribution is 5.75. The second-order valence-electron chi connectivity index (χ2n) is 4.89. The van der Waals surface area contributed by atoms with E-state index < -0.39 is 17.3 Å². The maximum atomic E-state index is 11.9. The maximum absolute atomic E-state index is 11.9. The molecule has 0 aliphatic heterocycles. The first-order valence-electron chi connectivity index (χ1n) is 7.32. The van der Waals surface area contributed by atoms with E-state index in [9.17, 15) is 14.4 Å². The molecule has 2 rings (SSSR count). The number of nitrogens with zero attached hydrogens (tertiary/aromatic N) is 2. The number of carbonyl (C=O) groups excluding carboxylic acids is 1. The van der Waals surface area contributed by atoms with E-state index in [-0.39, 0.29) is 13.1 Å². The summed E-state index contributed by atoms with van der Waals surface area (Å²) in [5.41, 5.74) is -0.586. The molecule has 0 unspecified atom stereocenters. The van der Waals surface area contributed by atoms with Gasteiger partial charge >= 0.3 is 11.4 Å². The van der Waals surface area contributed by atoms with Gasteiger partial charge < -0.3 is 10.1 Å². The van der Waals surface area contributed by atoms with E-state index in [4.69, 9.17) is 4.74 Å². The summed E-state index contributed by atoms with van der Waals surface area (Å²) in [5, 5.41) is 6.86. The zero-order valence-electron chi connectivity index (χ0n) is 12.8. The fourth-order valence-electron chi connectivity index (χ4n) is 1.87. The summed E-state index contributed by atoms with van der Waals surface area (Å²) in [6.07, 6.45) is 3.55. The van der Waals surface area contributed by atoms with E-state index in [0.29, 0.717) is 12.5 Å². The zero-order chi connectivity index (χ0) is 16.7. The van der Waals surface area contributed by atoms with Crippen LogP contribution < -0.4 is 21.4 Å². The number of H-pyrrole nitrogens is 2. The van der Waals surface area contributed by atoms with Crippen LogP contribution in [0.3, 0.4) is 0 Å². The van der Waals surface area contributed by atoms with Crippen LogP contribution in [0, 0.1) is 0 Å². The minimum Gasteiger partial charge on any atom is -0.477 e. The van der Waals surface area contributed by atoms with Gasteiger partial charge in [0.15, 0.2) is 0 Å².